The van der Waals surface area contributed by atoms with E-state index in [2.05, 4.69) is 0 Å². The number of nitrogens with one attached hydrogen (secondary N) is 2. The van der Waals surface area contributed by atoms with Crippen LogP contribution in [0.1, 0.15) is 6.42 Å². The number of carbonyl (C=O) groups excluding carboxylic acids is 1. The third-order valence-electron chi connectivity index (χ3n) is 3.85. The number of amides is 1. The van der Waals surface area contributed by atoms with E-state index in [0.717, 1.165) is 12.3 Å². The molecule has 26 heavy (non-hydrogen) atoms. The number of halogens is 3. The van der Waals surface area contributed by atoms with Crippen LogP contribution in [0.2, 0.25) is 0 Å². The predicted octanol–water partition coefficient (Wildman–Crippen LogP) is -1.99. The van der Waals surface area contributed by atoms with Crippen molar-refractivity contribution in [3.05, 3.63) is 33.1 Å². The summed E-state index contributed by atoms with van der Waals surface area (Å²) in [6, 6.07) is -0.976. The Balaban J connectivity index is 2.58. The average molecular weight is 377 g/mol. The second-order valence-electron chi connectivity index (χ2n) is 5.51. The number of aliphatic hydroxyl groups is 2. The van der Waals surface area contributed by atoms with Crippen LogP contribution in [0.5, 0.6) is 0 Å². The summed E-state index contributed by atoms with van der Waals surface area (Å²) in [4.78, 5) is 36.5. The molecule has 142 valence electrons. The Labute approximate surface area is 143 Å². The van der Waals surface area contributed by atoms with Gasteiger partial charge in [0, 0.05) is 18.7 Å². The standard InChI is InChI=1S/C14H14F3N3O6/c1-2-9(18-11(24)14(15,16)17)13(5-7(22)8(6-21)26-13)20-4-3-10(23)19-12(20)25/h1,3-4,7-9,21-22H,5-6H2,(H,18,24)(H,19,23,25)/t7-,8+,9?,13-/m0/s1. The van der Waals surface area contributed by atoms with Crippen LogP contribution < -0.4 is 16.6 Å². The van der Waals surface area contributed by atoms with Crippen molar-refractivity contribution >= 4 is 5.91 Å². The molecule has 2 rings (SSSR count). The molecule has 12 heteroatoms. The number of terminal acetylenes is 1. The first-order valence-electron chi connectivity index (χ1n) is 7.18. The van der Waals surface area contributed by atoms with Gasteiger partial charge in [-0.1, -0.05) is 5.92 Å². The quantitative estimate of drug-likeness (QED) is 0.449. The van der Waals surface area contributed by atoms with Crippen molar-refractivity contribution in [2.24, 2.45) is 0 Å². The van der Waals surface area contributed by atoms with Crippen LogP contribution in [-0.4, -0.2) is 56.7 Å². The van der Waals surface area contributed by atoms with Gasteiger partial charge in [-0.2, -0.15) is 13.2 Å². The Morgan fingerprint density at radius 2 is 2.23 bits per heavy atom. The highest BCUT2D eigenvalue weighted by molar-refractivity contribution is 5.82. The topological polar surface area (TPSA) is 134 Å². The Kier molecular flexibility index (Phi) is 5.26. The fraction of sp³-hybridized carbons (Fsp3) is 0.500. The molecule has 4 atom stereocenters. The normalized spacial score (nSPS) is 26.9. The summed E-state index contributed by atoms with van der Waals surface area (Å²) in [5.41, 5.74) is -4.05. The van der Waals surface area contributed by atoms with Gasteiger partial charge in [-0.05, 0) is 0 Å². The third-order valence-corrected chi connectivity index (χ3v) is 3.85. The van der Waals surface area contributed by atoms with Crippen LogP contribution in [-0.2, 0) is 15.3 Å². The Morgan fingerprint density at radius 3 is 2.69 bits per heavy atom. The molecule has 4 N–H and O–H groups in total. The van der Waals surface area contributed by atoms with Crippen LogP contribution >= 0.6 is 0 Å². The van der Waals surface area contributed by atoms with Crippen LogP contribution in [0, 0.1) is 12.3 Å². The monoisotopic (exact) mass is 377 g/mol. The Morgan fingerprint density at radius 1 is 1.58 bits per heavy atom. The fourth-order valence-corrected chi connectivity index (χ4v) is 2.67. The lowest BCUT2D eigenvalue weighted by molar-refractivity contribution is -0.179. The fourth-order valence-electron chi connectivity index (χ4n) is 2.67. The van der Waals surface area contributed by atoms with E-state index in [9.17, 15) is 37.8 Å². The highest BCUT2D eigenvalue weighted by Crippen LogP contribution is 2.37. The average Bonchev–Trinajstić information content (AvgIpc) is 2.88. The van der Waals surface area contributed by atoms with Crippen LogP contribution in [0.3, 0.4) is 0 Å². The molecule has 0 bridgehead atoms. The van der Waals surface area contributed by atoms with Gasteiger partial charge >= 0.3 is 17.8 Å². The predicted molar refractivity (Wildman–Crippen MR) is 78.7 cm³/mol. The van der Waals surface area contributed by atoms with Crippen LogP contribution in [0.4, 0.5) is 13.2 Å². The molecule has 0 aliphatic carbocycles. The molecule has 1 unspecified atom stereocenters. The third kappa shape index (κ3) is 3.50. The highest BCUT2D eigenvalue weighted by atomic mass is 19.4. The number of ether oxygens (including phenoxy) is 1. The van der Waals surface area contributed by atoms with E-state index < -0.39 is 60.3 Å². The molecule has 1 aliphatic rings. The Hall–Kier alpha value is -2.62. The van der Waals surface area contributed by atoms with E-state index in [-0.39, 0.29) is 0 Å². The number of carbonyl (C=O) groups is 1. The first kappa shape index (κ1) is 19.7. The van der Waals surface area contributed by atoms with Gasteiger partial charge in [-0.3, -0.25) is 19.1 Å². The maximum atomic E-state index is 12.6. The molecule has 0 radical (unpaired) electrons. The number of nitrogens with zero attached hydrogens (tertiary/aromatic N) is 1. The zero-order valence-electron chi connectivity index (χ0n) is 13.0. The van der Waals surface area contributed by atoms with Crippen LogP contribution in [0.25, 0.3) is 0 Å². The zero-order chi connectivity index (χ0) is 19.7. The maximum absolute atomic E-state index is 12.6. The lowest BCUT2D eigenvalue weighted by Gasteiger charge is -2.36. The molecule has 2 heterocycles. The maximum Gasteiger partial charge on any atom is 0.471 e. The minimum atomic E-state index is -5.26. The van der Waals surface area contributed by atoms with E-state index in [4.69, 9.17) is 11.2 Å². The van der Waals surface area contributed by atoms with E-state index in [1.807, 2.05) is 10.9 Å². The molecule has 0 aromatic carbocycles. The molecule has 1 saturated heterocycles. The molecule has 0 spiro atoms. The van der Waals surface area contributed by atoms with E-state index >= 15 is 0 Å². The minimum Gasteiger partial charge on any atom is -0.394 e. The SMILES string of the molecule is C#CC(NC(=O)C(F)(F)F)[C@]1(n2ccc(=O)[nH]c2=O)C[C@H](O)[C@@H](CO)O1. The first-order chi connectivity index (χ1) is 12.0. The second-order valence-corrected chi connectivity index (χ2v) is 5.51. The van der Waals surface area contributed by atoms with E-state index in [1.54, 1.807) is 0 Å². The van der Waals surface area contributed by atoms with Gasteiger partial charge in [0.1, 0.15) is 12.1 Å². The largest absolute Gasteiger partial charge is 0.471 e. The summed E-state index contributed by atoms with van der Waals surface area (Å²) in [5, 5.41) is 20.8. The van der Waals surface area contributed by atoms with Gasteiger partial charge in [0.15, 0.2) is 5.72 Å². The number of hydrogen-bond donors (Lipinski definition) is 4. The van der Waals surface area contributed by atoms with Crippen molar-refractivity contribution < 1.29 is 32.9 Å². The number of alkyl halides is 3. The molecule has 0 saturated carbocycles. The summed E-state index contributed by atoms with van der Waals surface area (Å²) in [5.74, 6) is -0.494. The van der Waals surface area contributed by atoms with Crippen molar-refractivity contribution in [1.82, 2.24) is 14.9 Å². The van der Waals surface area contributed by atoms with Gasteiger partial charge < -0.3 is 20.3 Å². The number of aromatic amines is 1. The summed E-state index contributed by atoms with van der Waals surface area (Å²) >= 11 is 0. The van der Waals surface area contributed by atoms with Crippen molar-refractivity contribution in [2.45, 2.75) is 36.6 Å². The highest BCUT2D eigenvalue weighted by Gasteiger charge is 2.54. The number of aromatic nitrogens is 2. The smallest absolute Gasteiger partial charge is 0.394 e. The first-order valence-corrected chi connectivity index (χ1v) is 7.18. The number of H-pyrrole nitrogens is 1. The summed E-state index contributed by atoms with van der Waals surface area (Å²) in [6.45, 7) is -0.731. The van der Waals surface area contributed by atoms with Gasteiger partial charge in [-0.25, -0.2) is 4.79 Å². The van der Waals surface area contributed by atoms with Gasteiger partial charge in [0.25, 0.3) is 5.56 Å². The molecule has 1 aromatic rings. The van der Waals surface area contributed by atoms with E-state index in [1.165, 1.54) is 5.32 Å². The molecule has 1 fully saturated rings. The summed E-state index contributed by atoms with van der Waals surface area (Å²) in [6.07, 6.45) is -2.35. The summed E-state index contributed by atoms with van der Waals surface area (Å²) < 4.78 is 43.8. The Bertz CT molecular complexity index is 842. The van der Waals surface area contributed by atoms with Crippen molar-refractivity contribution in [3.63, 3.8) is 0 Å². The molecular formula is C14H14F3N3O6. The molecule has 1 aliphatic heterocycles. The lowest BCUT2D eigenvalue weighted by Crippen LogP contribution is -2.59. The van der Waals surface area contributed by atoms with Crippen molar-refractivity contribution in [1.29, 1.82) is 0 Å². The second kappa shape index (κ2) is 6.94. The minimum absolute atomic E-state index is 0.531. The number of rotatable bonds is 4. The molecular weight excluding hydrogens is 363 g/mol. The molecule has 9 nitrogen and oxygen atoms in total. The molecule has 1 aromatic heterocycles. The number of hydrogen-bond acceptors (Lipinski definition) is 6. The number of aliphatic hydroxyl groups excluding tert-OH is 2. The summed E-state index contributed by atoms with van der Waals surface area (Å²) in [7, 11) is 0. The van der Waals surface area contributed by atoms with Gasteiger partial charge in [0.05, 0.1) is 12.7 Å². The lowest BCUT2D eigenvalue weighted by atomic mass is 9.98. The zero-order valence-corrected chi connectivity index (χ0v) is 13.0. The van der Waals surface area contributed by atoms with Gasteiger partial charge in [-0.15, -0.1) is 6.42 Å². The van der Waals surface area contributed by atoms with Gasteiger partial charge in [0.2, 0.25) is 0 Å². The van der Waals surface area contributed by atoms with Crippen molar-refractivity contribution in [3.8, 4) is 12.3 Å². The molecule has 1 amide bonds. The van der Waals surface area contributed by atoms with Crippen molar-refractivity contribution in [2.75, 3.05) is 6.61 Å². The van der Waals surface area contributed by atoms with E-state index in [0.29, 0.717) is 4.57 Å². The van der Waals surface area contributed by atoms with Crippen LogP contribution in [0.15, 0.2) is 21.9 Å².